The van der Waals surface area contributed by atoms with Gasteiger partial charge in [-0.05, 0) is 35.0 Å². The zero-order valence-electron chi connectivity index (χ0n) is 9.64. The lowest BCUT2D eigenvalue weighted by Crippen LogP contribution is -1.94. The van der Waals surface area contributed by atoms with E-state index in [9.17, 15) is 5.11 Å². The second-order valence-corrected chi connectivity index (χ2v) is 5.57. The third-order valence-electron chi connectivity index (χ3n) is 2.49. The molecule has 0 aliphatic rings. The van der Waals surface area contributed by atoms with Crippen molar-refractivity contribution in [1.82, 2.24) is 9.78 Å². The molecule has 0 aliphatic heterocycles. The minimum Gasteiger partial charge on any atom is -0.392 e. The Bertz CT molecular complexity index is 539. The van der Waals surface area contributed by atoms with Crippen LogP contribution in [0, 0.1) is 6.92 Å². The second kappa shape index (κ2) is 5.25. The van der Waals surface area contributed by atoms with Gasteiger partial charge in [-0.2, -0.15) is 5.10 Å². The van der Waals surface area contributed by atoms with Crippen molar-refractivity contribution in [1.29, 1.82) is 0 Å². The molecule has 2 rings (SSSR count). The van der Waals surface area contributed by atoms with Gasteiger partial charge in [0.05, 0.1) is 12.3 Å². The first-order valence-corrected chi connectivity index (χ1v) is 6.80. The van der Waals surface area contributed by atoms with Gasteiger partial charge in [0, 0.05) is 22.0 Å². The standard InChI is InChI=1S/C12H13BrN2OS/c1-8-9(7-16)12(15(2)14-8)17-11-6-4-3-5-10(11)13/h3-6,16H,7H2,1-2H3. The van der Waals surface area contributed by atoms with Crippen LogP contribution in [0.5, 0.6) is 0 Å². The Morgan fingerprint density at radius 2 is 2.12 bits per heavy atom. The summed E-state index contributed by atoms with van der Waals surface area (Å²) in [5.41, 5.74) is 1.78. The topological polar surface area (TPSA) is 38.0 Å². The highest BCUT2D eigenvalue weighted by Gasteiger charge is 2.14. The minimum absolute atomic E-state index is 0.0203. The van der Waals surface area contributed by atoms with E-state index >= 15 is 0 Å². The molecule has 1 N–H and O–H groups in total. The molecule has 0 unspecified atom stereocenters. The van der Waals surface area contributed by atoms with Crippen LogP contribution in [0.4, 0.5) is 0 Å². The SMILES string of the molecule is Cc1nn(C)c(Sc2ccccc2Br)c1CO. The van der Waals surface area contributed by atoms with Gasteiger partial charge in [0.1, 0.15) is 5.03 Å². The maximum atomic E-state index is 9.38. The molecule has 0 saturated heterocycles. The molecule has 90 valence electrons. The first-order valence-electron chi connectivity index (χ1n) is 5.19. The summed E-state index contributed by atoms with van der Waals surface area (Å²) in [4.78, 5) is 1.12. The van der Waals surface area contributed by atoms with Gasteiger partial charge in [0.2, 0.25) is 0 Å². The van der Waals surface area contributed by atoms with E-state index in [1.54, 1.807) is 11.8 Å². The normalized spacial score (nSPS) is 10.8. The molecule has 0 bridgehead atoms. The third kappa shape index (κ3) is 2.56. The number of rotatable bonds is 3. The number of hydrogen-bond acceptors (Lipinski definition) is 3. The number of aliphatic hydroxyl groups is 1. The lowest BCUT2D eigenvalue weighted by molar-refractivity contribution is 0.277. The zero-order valence-corrected chi connectivity index (χ0v) is 12.0. The first kappa shape index (κ1) is 12.7. The Morgan fingerprint density at radius 1 is 1.41 bits per heavy atom. The summed E-state index contributed by atoms with van der Waals surface area (Å²) in [6.45, 7) is 1.93. The van der Waals surface area contributed by atoms with Crippen LogP contribution in [0.25, 0.3) is 0 Å². The van der Waals surface area contributed by atoms with Gasteiger partial charge >= 0.3 is 0 Å². The molecule has 0 aliphatic carbocycles. The van der Waals surface area contributed by atoms with Gasteiger partial charge in [-0.1, -0.05) is 23.9 Å². The summed E-state index contributed by atoms with van der Waals surface area (Å²) in [5, 5.41) is 14.7. The fraction of sp³-hybridized carbons (Fsp3) is 0.250. The van der Waals surface area contributed by atoms with Gasteiger partial charge < -0.3 is 5.11 Å². The molecule has 17 heavy (non-hydrogen) atoms. The minimum atomic E-state index is 0.0203. The predicted octanol–water partition coefficient (Wildman–Crippen LogP) is 3.13. The molecule has 0 spiro atoms. The molecule has 0 fully saturated rings. The molecule has 0 amide bonds. The summed E-state index contributed by atoms with van der Waals surface area (Å²) in [6.07, 6.45) is 0. The van der Waals surface area contributed by atoms with E-state index in [1.807, 2.05) is 42.9 Å². The maximum Gasteiger partial charge on any atom is 0.104 e. The zero-order chi connectivity index (χ0) is 12.4. The Kier molecular flexibility index (Phi) is 3.91. The lowest BCUT2D eigenvalue weighted by atomic mass is 10.3. The molecule has 1 aromatic carbocycles. The molecule has 1 aromatic heterocycles. The Balaban J connectivity index is 2.40. The van der Waals surface area contributed by atoms with Gasteiger partial charge in [-0.25, -0.2) is 0 Å². The largest absolute Gasteiger partial charge is 0.392 e. The van der Waals surface area contributed by atoms with Crippen molar-refractivity contribution in [3.05, 3.63) is 40.0 Å². The van der Waals surface area contributed by atoms with E-state index in [4.69, 9.17) is 0 Å². The Labute approximate surface area is 113 Å². The number of aromatic nitrogens is 2. The highest BCUT2D eigenvalue weighted by Crippen LogP contribution is 2.35. The first-order chi connectivity index (χ1) is 8.13. The summed E-state index contributed by atoms with van der Waals surface area (Å²) >= 11 is 5.13. The number of halogens is 1. The monoisotopic (exact) mass is 312 g/mol. The molecule has 0 saturated carbocycles. The smallest absolute Gasteiger partial charge is 0.104 e. The van der Waals surface area contributed by atoms with Crippen molar-refractivity contribution in [2.24, 2.45) is 7.05 Å². The Hall–Kier alpha value is -0.780. The van der Waals surface area contributed by atoms with Crippen LogP contribution in [-0.4, -0.2) is 14.9 Å². The van der Waals surface area contributed by atoms with Crippen LogP contribution < -0.4 is 0 Å². The highest BCUT2D eigenvalue weighted by atomic mass is 79.9. The fourth-order valence-corrected chi connectivity index (χ4v) is 3.18. The van der Waals surface area contributed by atoms with Crippen molar-refractivity contribution >= 4 is 27.7 Å². The Morgan fingerprint density at radius 3 is 2.76 bits per heavy atom. The van der Waals surface area contributed by atoms with Crippen LogP contribution in [-0.2, 0) is 13.7 Å². The summed E-state index contributed by atoms with van der Waals surface area (Å²) in [6, 6.07) is 8.02. The average Bonchev–Trinajstić information content (AvgIpc) is 2.56. The lowest BCUT2D eigenvalue weighted by Gasteiger charge is -2.06. The molecule has 0 radical (unpaired) electrons. The van der Waals surface area contributed by atoms with E-state index in [0.717, 1.165) is 25.7 Å². The fourth-order valence-electron chi connectivity index (χ4n) is 1.62. The van der Waals surface area contributed by atoms with E-state index in [-0.39, 0.29) is 6.61 Å². The number of aryl methyl sites for hydroxylation is 2. The number of benzene rings is 1. The molecule has 5 heteroatoms. The molecular weight excluding hydrogens is 300 g/mol. The predicted molar refractivity (Wildman–Crippen MR) is 72.1 cm³/mol. The molecule has 0 atom stereocenters. The number of aliphatic hydroxyl groups excluding tert-OH is 1. The van der Waals surface area contributed by atoms with Gasteiger partial charge in [0.25, 0.3) is 0 Å². The van der Waals surface area contributed by atoms with Crippen molar-refractivity contribution < 1.29 is 5.11 Å². The van der Waals surface area contributed by atoms with Crippen molar-refractivity contribution in [2.75, 3.05) is 0 Å². The van der Waals surface area contributed by atoms with Crippen LogP contribution in [0.2, 0.25) is 0 Å². The van der Waals surface area contributed by atoms with Crippen molar-refractivity contribution in [2.45, 2.75) is 23.5 Å². The molecule has 3 nitrogen and oxygen atoms in total. The van der Waals surface area contributed by atoms with Crippen LogP contribution in [0.3, 0.4) is 0 Å². The highest BCUT2D eigenvalue weighted by molar-refractivity contribution is 9.10. The maximum absolute atomic E-state index is 9.38. The van der Waals surface area contributed by atoms with Crippen molar-refractivity contribution in [3.63, 3.8) is 0 Å². The number of hydrogen-bond donors (Lipinski definition) is 1. The van der Waals surface area contributed by atoms with E-state index in [1.165, 1.54) is 0 Å². The quantitative estimate of drug-likeness (QED) is 0.946. The summed E-state index contributed by atoms with van der Waals surface area (Å²) in [5.74, 6) is 0. The summed E-state index contributed by atoms with van der Waals surface area (Å²) < 4.78 is 2.86. The van der Waals surface area contributed by atoms with E-state index in [2.05, 4.69) is 21.0 Å². The summed E-state index contributed by atoms with van der Waals surface area (Å²) in [7, 11) is 1.89. The van der Waals surface area contributed by atoms with Gasteiger partial charge in [-0.3, -0.25) is 4.68 Å². The second-order valence-electron chi connectivity index (χ2n) is 3.68. The van der Waals surface area contributed by atoms with Crippen LogP contribution in [0.1, 0.15) is 11.3 Å². The molecule has 2 aromatic rings. The molecular formula is C12H13BrN2OS. The van der Waals surface area contributed by atoms with E-state index in [0.29, 0.717) is 0 Å². The van der Waals surface area contributed by atoms with Gasteiger partial charge in [0.15, 0.2) is 0 Å². The average molecular weight is 313 g/mol. The van der Waals surface area contributed by atoms with Crippen LogP contribution >= 0.6 is 27.7 Å². The van der Waals surface area contributed by atoms with Gasteiger partial charge in [-0.15, -0.1) is 0 Å². The van der Waals surface area contributed by atoms with Crippen LogP contribution in [0.15, 0.2) is 38.7 Å². The molecule has 1 heterocycles. The van der Waals surface area contributed by atoms with E-state index < -0.39 is 0 Å². The number of nitrogens with zero attached hydrogens (tertiary/aromatic N) is 2. The third-order valence-corrected chi connectivity index (χ3v) is 4.72. The van der Waals surface area contributed by atoms with Crippen molar-refractivity contribution in [3.8, 4) is 0 Å².